The highest BCUT2D eigenvalue weighted by Gasteiger charge is 2.15. The van der Waals surface area contributed by atoms with Crippen LogP contribution < -0.4 is 10.1 Å². The van der Waals surface area contributed by atoms with Crippen LogP contribution in [0, 0.1) is 5.82 Å². The highest BCUT2D eigenvalue weighted by molar-refractivity contribution is 6.42. The van der Waals surface area contributed by atoms with Crippen molar-refractivity contribution in [2.75, 3.05) is 12.4 Å². The summed E-state index contributed by atoms with van der Waals surface area (Å²) in [5, 5.41) is 7.66. The van der Waals surface area contributed by atoms with Gasteiger partial charge in [-0.25, -0.2) is 9.07 Å². The smallest absolute Gasteiger partial charge is 0.259 e. The number of ether oxygens (including phenoxy) is 1. The molecular weight excluding hydrogens is 380 g/mol. The van der Waals surface area contributed by atoms with E-state index >= 15 is 0 Å². The van der Waals surface area contributed by atoms with Crippen LogP contribution in [0.5, 0.6) is 5.75 Å². The number of amides is 1. The van der Waals surface area contributed by atoms with E-state index in [4.69, 9.17) is 27.9 Å². The Hall–Kier alpha value is -2.57. The van der Waals surface area contributed by atoms with E-state index in [0.717, 1.165) is 11.6 Å². The summed E-state index contributed by atoms with van der Waals surface area (Å²) in [6.07, 6.45) is 1.53. The molecule has 0 unspecified atom stereocenters. The number of halogens is 3. The summed E-state index contributed by atoms with van der Waals surface area (Å²) >= 11 is 12.2. The number of rotatable bonds is 5. The summed E-state index contributed by atoms with van der Waals surface area (Å²) in [4.78, 5) is 12.4. The monoisotopic (exact) mass is 393 g/mol. The lowest BCUT2D eigenvalue weighted by atomic mass is 10.2. The van der Waals surface area contributed by atoms with Gasteiger partial charge in [-0.1, -0.05) is 35.3 Å². The molecule has 5 nitrogen and oxygen atoms in total. The second-order valence-corrected chi connectivity index (χ2v) is 6.17. The molecule has 3 rings (SSSR count). The van der Waals surface area contributed by atoms with Crippen molar-refractivity contribution in [3.05, 3.63) is 75.7 Å². The molecule has 1 N–H and O–H groups in total. The summed E-state index contributed by atoms with van der Waals surface area (Å²) in [7, 11) is 1.42. The fraction of sp³-hybridized carbons (Fsp3) is 0.111. The Labute approximate surface area is 159 Å². The Morgan fingerprint density at radius 1 is 1.27 bits per heavy atom. The predicted octanol–water partition coefficient (Wildman–Crippen LogP) is 4.64. The lowest BCUT2D eigenvalue weighted by Gasteiger charge is -2.11. The van der Waals surface area contributed by atoms with Crippen LogP contribution in [-0.2, 0) is 6.54 Å². The third kappa shape index (κ3) is 3.81. The third-order valence-corrected chi connectivity index (χ3v) is 4.59. The van der Waals surface area contributed by atoms with Gasteiger partial charge in [0.25, 0.3) is 5.91 Å². The molecule has 0 spiro atoms. The fourth-order valence-corrected chi connectivity index (χ4v) is 2.77. The summed E-state index contributed by atoms with van der Waals surface area (Å²) in [6, 6.07) is 10.9. The van der Waals surface area contributed by atoms with Crippen molar-refractivity contribution in [3.8, 4) is 5.75 Å². The minimum absolute atomic E-state index is 0.0978. The molecule has 26 heavy (non-hydrogen) atoms. The lowest BCUT2D eigenvalue weighted by Crippen LogP contribution is -2.17. The van der Waals surface area contributed by atoms with Crippen molar-refractivity contribution in [2.45, 2.75) is 6.54 Å². The Bertz CT molecular complexity index is 959. The van der Waals surface area contributed by atoms with Gasteiger partial charge in [0.1, 0.15) is 17.4 Å². The molecule has 0 aliphatic rings. The molecule has 0 aliphatic heterocycles. The van der Waals surface area contributed by atoms with Gasteiger partial charge in [0.2, 0.25) is 0 Å². The van der Waals surface area contributed by atoms with Gasteiger partial charge < -0.3 is 10.1 Å². The highest BCUT2D eigenvalue weighted by atomic mass is 35.5. The van der Waals surface area contributed by atoms with Crippen molar-refractivity contribution < 1.29 is 13.9 Å². The molecule has 134 valence electrons. The summed E-state index contributed by atoms with van der Waals surface area (Å²) in [5.74, 6) is -0.532. The summed E-state index contributed by atoms with van der Waals surface area (Å²) < 4.78 is 20.5. The zero-order chi connectivity index (χ0) is 18.7. The predicted molar refractivity (Wildman–Crippen MR) is 98.7 cm³/mol. The molecule has 0 aliphatic carbocycles. The molecule has 1 amide bonds. The van der Waals surface area contributed by atoms with Crippen LogP contribution in [-0.4, -0.2) is 22.8 Å². The molecular formula is C18H14Cl2FN3O2. The molecule has 0 saturated heterocycles. The molecule has 0 radical (unpaired) electrons. The van der Waals surface area contributed by atoms with E-state index in [1.165, 1.54) is 30.1 Å². The number of benzene rings is 2. The number of hydrogen-bond donors (Lipinski definition) is 1. The largest absolute Gasteiger partial charge is 0.497 e. The number of nitrogens with zero attached hydrogens (tertiary/aromatic N) is 2. The first-order valence-corrected chi connectivity index (χ1v) is 8.35. The van der Waals surface area contributed by atoms with E-state index in [0.29, 0.717) is 28.2 Å². The molecule has 0 bridgehead atoms. The molecule has 0 atom stereocenters. The van der Waals surface area contributed by atoms with E-state index in [-0.39, 0.29) is 5.56 Å². The first-order valence-electron chi connectivity index (χ1n) is 7.59. The van der Waals surface area contributed by atoms with Gasteiger partial charge in [0.05, 0.1) is 35.5 Å². The number of anilines is 1. The number of hydrogen-bond acceptors (Lipinski definition) is 3. The SMILES string of the molecule is COc1ccc(C(=O)Nc2ccnn2Cc2cccc(Cl)c2Cl)c(F)c1. The Morgan fingerprint density at radius 2 is 2.08 bits per heavy atom. The van der Waals surface area contributed by atoms with E-state index < -0.39 is 11.7 Å². The van der Waals surface area contributed by atoms with Crippen molar-refractivity contribution in [1.29, 1.82) is 0 Å². The van der Waals surface area contributed by atoms with Crippen LogP contribution in [0.1, 0.15) is 15.9 Å². The Kier molecular flexibility index (Phi) is 5.44. The van der Waals surface area contributed by atoms with Gasteiger partial charge >= 0.3 is 0 Å². The second kappa shape index (κ2) is 7.76. The molecule has 8 heteroatoms. The van der Waals surface area contributed by atoms with Crippen LogP contribution in [0.2, 0.25) is 10.0 Å². The minimum Gasteiger partial charge on any atom is -0.497 e. The van der Waals surface area contributed by atoms with Crippen LogP contribution in [0.15, 0.2) is 48.7 Å². The van der Waals surface area contributed by atoms with Crippen LogP contribution >= 0.6 is 23.2 Å². The molecule has 1 aromatic heterocycles. The fourth-order valence-electron chi connectivity index (χ4n) is 2.39. The maximum Gasteiger partial charge on any atom is 0.259 e. The molecule has 1 heterocycles. The minimum atomic E-state index is -0.675. The van der Waals surface area contributed by atoms with Gasteiger partial charge in [-0.05, 0) is 23.8 Å². The summed E-state index contributed by atoms with van der Waals surface area (Å²) in [5.41, 5.74) is 0.647. The maximum atomic E-state index is 14.1. The van der Waals surface area contributed by atoms with E-state index in [1.807, 2.05) is 6.07 Å². The first-order chi connectivity index (χ1) is 12.5. The Morgan fingerprint density at radius 3 is 2.81 bits per heavy atom. The van der Waals surface area contributed by atoms with Crippen molar-refractivity contribution >= 4 is 34.9 Å². The molecule has 0 saturated carbocycles. The number of carbonyl (C=O) groups excluding carboxylic acids is 1. The average Bonchev–Trinajstić information content (AvgIpc) is 3.05. The Balaban J connectivity index is 1.81. The third-order valence-electron chi connectivity index (χ3n) is 3.73. The quantitative estimate of drug-likeness (QED) is 0.686. The molecule has 2 aromatic carbocycles. The topological polar surface area (TPSA) is 56.1 Å². The average molecular weight is 394 g/mol. The van der Waals surface area contributed by atoms with Crippen molar-refractivity contribution in [2.24, 2.45) is 0 Å². The van der Waals surface area contributed by atoms with Gasteiger partial charge in [-0.3, -0.25) is 4.79 Å². The lowest BCUT2D eigenvalue weighted by molar-refractivity contribution is 0.102. The normalized spacial score (nSPS) is 10.6. The zero-order valence-electron chi connectivity index (χ0n) is 13.7. The van der Waals surface area contributed by atoms with Gasteiger partial charge in [-0.15, -0.1) is 0 Å². The standard InChI is InChI=1S/C18H14Cl2FN3O2/c1-26-12-5-6-13(15(21)9-12)18(25)23-16-7-8-22-24(16)10-11-3-2-4-14(19)17(11)20/h2-9H,10H2,1H3,(H,23,25). The van der Waals surface area contributed by atoms with E-state index in [1.54, 1.807) is 18.2 Å². The maximum absolute atomic E-state index is 14.1. The zero-order valence-corrected chi connectivity index (χ0v) is 15.2. The number of methoxy groups -OCH3 is 1. The highest BCUT2D eigenvalue weighted by Crippen LogP contribution is 2.27. The summed E-state index contributed by atoms with van der Waals surface area (Å²) in [6.45, 7) is 0.299. The second-order valence-electron chi connectivity index (χ2n) is 5.39. The first kappa shape index (κ1) is 18.2. The van der Waals surface area contributed by atoms with Gasteiger partial charge in [0, 0.05) is 12.1 Å². The number of aromatic nitrogens is 2. The number of nitrogens with one attached hydrogen (secondary N) is 1. The molecule has 3 aromatic rings. The van der Waals surface area contributed by atoms with Crippen LogP contribution in [0.4, 0.5) is 10.2 Å². The van der Waals surface area contributed by atoms with Crippen molar-refractivity contribution in [3.63, 3.8) is 0 Å². The number of carbonyl (C=O) groups is 1. The van der Waals surface area contributed by atoms with Crippen LogP contribution in [0.25, 0.3) is 0 Å². The molecule has 0 fully saturated rings. The van der Waals surface area contributed by atoms with E-state index in [2.05, 4.69) is 10.4 Å². The van der Waals surface area contributed by atoms with Gasteiger partial charge in [0.15, 0.2) is 0 Å². The van der Waals surface area contributed by atoms with Crippen LogP contribution in [0.3, 0.4) is 0 Å². The van der Waals surface area contributed by atoms with E-state index in [9.17, 15) is 9.18 Å². The van der Waals surface area contributed by atoms with Crippen molar-refractivity contribution in [1.82, 2.24) is 9.78 Å². The van der Waals surface area contributed by atoms with Gasteiger partial charge in [-0.2, -0.15) is 5.10 Å².